The molecule has 0 aromatic rings. The molecule has 0 saturated heterocycles. The highest BCUT2D eigenvalue weighted by Gasteiger charge is 2.60. The number of hydrogen-bond donors (Lipinski definition) is 1. The monoisotopic (exact) mass is 236 g/mol. The van der Waals surface area contributed by atoms with Crippen molar-refractivity contribution in [3.63, 3.8) is 0 Å². The molecule has 1 N–H and O–H groups in total. The fraction of sp³-hybridized carbons (Fsp3) is 0.700. The summed E-state index contributed by atoms with van der Waals surface area (Å²) in [4.78, 5) is 11.0. The number of hydrogen-bond acceptors (Lipinski definition) is 3. The normalized spacial score (nSPS) is 19.3. The van der Waals surface area contributed by atoms with E-state index in [-0.39, 0.29) is 12.5 Å². The molecule has 1 rings (SSSR count). The molecule has 1 fully saturated rings. The van der Waals surface area contributed by atoms with Gasteiger partial charge in [-0.15, -0.1) is 0 Å². The Morgan fingerprint density at radius 3 is 2.44 bits per heavy atom. The van der Waals surface area contributed by atoms with Gasteiger partial charge in [-0.3, -0.25) is 0 Å². The van der Waals surface area contributed by atoms with E-state index in [1.165, 1.54) is 6.92 Å². The minimum absolute atomic E-state index is 0.150. The molecule has 0 unspecified atom stereocenters. The van der Waals surface area contributed by atoms with E-state index in [1.54, 1.807) is 5.92 Å². The van der Waals surface area contributed by atoms with E-state index in [0.717, 1.165) is 0 Å². The first-order valence-electron chi connectivity index (χ1n) is 4.80. The van der Waals surface area contributed by atoms with E-state index < -0.39 is 17.7 Å². The number of rotatable bonds is 2. The summed E-state index contributed by atoms with van der Waals surface area (Å²) in [5, 5.41) is 9.25. The highest BCUT2D eigenvalue weighted by molar-refractivity contribution is 5.84. The molecule has 0 aromatic carbocycles. The third-order valence-corrected chi connectivity index (χ3v) is 2.02. The van der Waals surface area contributed by atoms with Crippen LogP contribution in [0.2, 0.25) is 0 Å². The van der Waals surface area contributed by atoms with E-state index in [9.17, 15) is 23.1 Å². The maximum absolute atomic E-state index is 12.5. The Balaban J connectivity index is 2.92. The van der Waals surface area contributed by atoms with Crippen LogP contribution in [0.25, 0.3) is 0 Å². The van der Waals surface area contributed by atoms with Crippen molar-refractivity contribution in [3.8, 4) is 11.8 Å². The smallest absolute Gasteiger partial charge is 0.440 e. The first-order chi connectivity index (χ1) is 7.31. The van der Waals surface area contributed by atoms with Crippen LogP contribution in [0.15, 0.2) is 0 Å². The predicted molar refractivity (Wildman–Crippen MR) is 48.1 cm³/mol. The fourth-order valence-electron chi connectivity index (χ4n) is 0.907. The van der Waals surface area contributed by atoms with Gasteiger partial charge in [0.15, 0.2) is 0 Å². The summed E-state index contributed by atoms with van der Waals surface area (Å²) in [5.41, 5.74) is -3.70. The van der Waals surface area contributed by atoms with Gasteiger partial charge in [0.1, 0.15) is 0 Å². The van der Waals surface area contributed by atoms with E-state index >= 15 is 0 Å². The molecule has 0 radical (unpaired) electrons. The van der Waals surface area contributed by atoms with Crippen molar-refractivity contribution in [2.45, 2.75) is 31.5 Å². The summed E-state index contributed by atoms with van der Waals surface area (Å²) in [6, 6.07) is 0. The number of carbonyl (C=O) groups is 1. The van der Waals surface area contributed by atoms with Gasteiger partial charge in [-0.2, -0.15) is 13.2 Å². The lowest BCUT2D eigenvalue weighted by Crippen LogP contribution is -2.52. The maximum Gasteiger partial charge on any atom is 0.440 e. The second-order valence-corrected chi connectivity index (χ2v) is 3.47. The predicted octanol–water partition coefficient (Wildman–Crippen LogP) is 1.26. The number of ether oxygens (including phenoxy) is 1. The number of esters is 1. The zero-order valence-electron chi connectivity index (χ0n) is 8.60. The molecule has 6 heteroatoms. The van der Waals surface area contributed by atoms with Gasteiger partial charge >= 0.3 is 17.7 Å². The summed E-state index contributed by atoms with van der Waals surface area (Å²) in [7, 11) is 0. The molecule has 0 aliphatic heterocycles. The Morgan fingerprint density at radius 2 is 2.06 bits per heavy atom. The zero-order valence-corrected chi connectivity index (χ0v) is 8.60. The minimum Gasteiger partial charge on any atom is -0.463 e. The van der Waals surface area contributed by atoms with Gasteiger partial charge in [-0.1, -0.05) is 5.92 Å². The van der Waals surface area contributed by atoms with Crippen molar-refractivity contribution in [3.05, 3.63) is 0 Å². The van der Waals surface area contributed by atoms with Crippen molar-refractivity contribution >= 4 is 5.97 Å². The summed E-state index contributed by atoms with van der Waals surface area (Å²) in [5.74, 6) is 1.89. The zero-order chi connectivity index (χ0) is 12.4. The first kappa shape index (κ1) is 12.8. The van der Waals surface area contributed by atoms with Crippen molar-refractivity contribution < 1.29 is 27.8 Å². The molecule has 16 heavy (non-hydrogen) atoms. The lowest BCUT2D eigenvalue weighted by Gasteiger charge is -2.22. The number of alkyl halides is 3. The third-order valence-electron chi connectivity index (χ3n) is 2.02. The van der Waals surface area contributed by atoms with E-state index in [0.29, 0.717) is 12.8 Å². The van der Waals surface area contributed by atoms with Gasteiger partial charge in [0.2, 0.25) is 0 Å². The largest absolute Gasteiger partial charge is 0.463 e. The summed E-state index contributed by atoms with van der Waals surface area (Å²) in [6.07, 6.45) is -3.76. The third kappa shape index (κ3) is 2.67. The quantitative estimate of drug-likeness (QED) is 0.580. The lowest BCUT2D eigenvalue weighted by atomic mass is 10.0. The Bertz CT molecular complexity index is 335. The summed E-state index contributed by atoms with van der Waals surface area (Å²) in [6.45, 7) is 1.10. The molecule has 0 spiro atoms. The Morgan fingerprint density at radius 1 is 1.50 bits per heavy atom. The average molecular weight is 236 g/mol. The van der Waals surface area contributed by atoms with Crippen LogP contribution >= 0.6 is 0 Å². The Labute approximate surface area is 90.6 Å². The summed E-state index contributed by atoms with van der Waals surface area (Å²) < 4.78 is 41.7. The van der Waals surface area contributed by atoms with E-state index in [2.05, 4.69) is 10.7 Å². The topological polar surface area (TPSA) is 46.5 Å². The second kappa shape index (κ2) is 4.34. The van der Waals surface area contributed by atoms with Crippen LogP contribution in [0.3, 0.4) is 0 Å². The van der Waals surface area contributed by atoms with Crippen LogP contribution in [0, 0.1) is 17.8 Å². The number of aliphatic hydroxyl groups is 1. The van der Waals surface area contributed by atoms with Crippen molar-refractivity contribution in [2.24, 2.45) is 5.92 Å². The molecule has 1 aliphatic carbocycles. The van der Waals surface area contributed by atoms with E-state index in [4.69, 9.17) is 0 Å². The molecular weight excluding hydrogens is 225 g/mol. The van der Waals surface area contributed by atoms with Gasteiger partial charge in [0, 0.05) is 5.92 Å². The Hall–Kier alpha value is -1.22. The lowest BCUT2D eigenvalue weighted by molar-refractivity contribution is -0.242. The van der Waals surface area contributed by atoms with E-state index in [1.807, 2.05) is 0 Å². The van der Waals surface area contributed by atoms with Gasteiger partial charge in [-0.25, -0.2) is 4.79 Å². The van der Waals surface area contributed by atoms with Crippen LogP contribution in [-0.2, 0) is 9.53 Å². The van der Waals surface area contributed by atoms with Crippen molar-refractivity contribution in [2.75, 3.05) is 6.61 Å². The molecule has 90 valence electrons. The second-order valence-electron chi connectivity index (χ2n) is 3.47. The molecule has 1 saturated carbocycles. The SMILES string of the molecule is CCOC(=O)[C@](O)(C#CC1CC1)C(F)(F)F. The minimum atomic E-state index is -5.15. The van der Waals surface area contributed by atoms with Crippen LogP contribution in [0.5, 0.6) is 0 Å². The van der Waals surface area contributed by atoms with Gasteiger partial charge in [0.25, 0.3) is 0 Å². The van der Waals surface area contributed by atoms with Gasteiger partial charge in [0.05, 0.1) is 6.61 Å². The highest BCUT2D eigenvalue weighted by atomic mass is 19.4. The van der Waals surface area contributed by atoms with Crippen LogP contribution in [0.4, 0.5) is 13.2 Å². The van der Waals surface area contributed by atoms with Crippen molar-refractivity contribution in [1.29, 1.82) is 0 Å². The number of carbonyl (C=O) groups excluding carboxylic acids is 1. The van der Waals surface area contributed by atoms with Gasteiger partial charge < -0.3 is 9.84 Å². The standard InChI is InChI=1S/C10H11F3O3/c1-2-16-8(14)9(15,10(11,12)13)6-5-7-3-4-7/h7,15H,2-4H2,1H3/t9-/m1/s1. The molecular formula is C10H11F3O3. The van der Waals surface area contributed by atoms with Crippen molar-refractivity contribution in [1.82, 2.24) is 0 Å². The number of halogens is 3. The molecule has 0 heterocycles. The fourth-order valence-corrected chi connectivity index (χ4v) is 0.907. The Kier molecular flexibility index (Phi) is 3.48. The molecule has 0 amide bonds. The first-order valence-corrected chi connectivity index (χ1v) is 4.80. The maximum atomic E-state index is 12.5. The highest BCUT2D eigenvalue weighted by Crippen LogP contribution is 2.33. The van der Waals surface area contributed by atoms with Gasteiger partial charge in [-0.05, 0) is 25.7 Å². The van der Waals surface area contributed by atoms with Crippen LogP contribution in [-0.4, -0.2) is 29.5 Å². The summed E-state index contributed by atoms with van der Waals surface area (Å²) >= 11 is 0. The molecule has 1 aliphatic rings. The molecule has 0 bridgehead atoms. The molecule has 3 nitrogen and oxygen atoms in total. The molecule has 0 aromatic heterocycles. The van der Waals surface area contributed by atoms with Crippen LogP contribution < -0.4 is 0 Å². The van der Waals surface area contributed by atoms with Crippen LogP contribution in [0.1, 0.15) is 19.8 Å². The average Bonchev–Trinajstić information content (AvgIpc) is 2.96. The molecule has 1 atom stereocenters.